The Balaban J connectivity index is 2.09. The SMILES string of the molecule is N#Cc1ccc(F)c(CN2CCCC(C#N)C2)c1. The first-order valence-electron chi connectivity index (χ1n) is 6.03. The highest BCUT2D eigenvalue weighted by molar-refractivity contribution is 5.33. The maximum absolute atomic E-state index is 13.6. The molecular formula is C14H14FN3. The fraction of sp³-hybridized carbons (Fsp3) is 0.429. The Morgan fingerprint density at radius 2 is 2.22 bits per heavy atom. The van der Waals surface area contributed by atoms with E-state index in [-0.39, 0.29) is 11.7 Å². The Bertz CT molecular complexity index is 513. The number of rotatable bonds is 2. The van der Waals surface area contributed by atoms with E-state index in [1.165, 1.54) is 12.1 Å². The Hall–Kier alpha value is -1.91. The van der Waals surface area contributed by atoms with Crippen LogP contribution in [0.4, 0.5) is 4.39 Å². The van der Waals surface area contributed by atoms with Crippen molar-refractivity contribution in [3.63, 3.8) is 0 Å². The van der Waals surface area contributed by atoms with Crippen LogP contribution in [0.15, 0.2) is 18.2 Å². The first-order valence-corrected chi connectivity index (χ1v) is 6.03. The van der Waals surface area contributed by atoms with Crippen LogP contribution in [0.2, 0.25) is 0 Å². The largest absolute Gasteiger partial charge is 0.298 e. The van der Waals surface area contributed by atoms with Crippen molar-refractivity contribution in [2.45, 2.75) is 19.4 Å². The zero-order chi connectivity index (χ0) is 13.0. The average molecular weight is 243 g/mol. The van der Waals surface area contributed by atoms with E-state index in [0.29, 0.717) is 24.2 Å². The molecular weight excluding hydrogens is 229 g/mol. The maximum Gasteiger partial charge on any atom is 0.127 e. The van der Waals surface area contributed by atoms with E-state index in [2.05, 4.69) is 11.0 Å². The molecule has 0 spiro atoms. The van der Waals surface area contributed by atoms with Gasteiger partial charge >= 0.3 is 0 Å². The minimum Gasteiger partial charge on any atom is -0.298 e. The molecule has 1 aliphatic rings. The third-order valence-corrected chi connectivity index (χ3v) is 3.26. The molecule has 1 saturated heterocycles. The Labute approximate surface area is 106 Å². The van der Waals surface area contributed by atoms with E-state index in [0.717, 1.165) is 19.4 Å². The van der Waals surface area contributed by atoms with Crippen LogP contribution < -0.4 is 0 Å². The second-order valence-electron chi connectivity index (χ2n) is 4.62. The highest BCUT2D eigenvalue weighted by atomic mass is 19.1. The summed E-state index contributed by atoms with van der Waals surface area (Å²) in [5.41, 5.74) is 1.01. The van der Waals surface area contributed by atoms with Crippen molar-refractivity contribution in [1.29, 1.82) is 10.5 Å². The summed E-state index contributed by atoms with van der Waals surface area (Å²) >= 11 is 0. The molecule has 1 fully saturated rings. The molecule has 1 aliphatic heterocycles. The van der Waals surface area contributed by atoms with Crippen LogP contribution in [0, 0.1) is 34.4 Å². The molecule has 1 aromatic carbocycles. The van der Waals surface area contributed by atoms with Gasteiger partial charge in [-0.3, -0.25) is 4.90 Å². The van der Waals surface area contributed by atoms with E-state index >= 15 is 0 Å². The van der Waals surface area contributed by atoms with Gasteiger partial charge in [-0.05, 0) is 37.6 Å². The number of hydrogen-bond acceptors (Lipinski definition) is 3. The van der Waals surface area contributed by atoms with Gasteiger partial charge in [-0.2, -0.15) is 10.5 Å². The fourth-order valence-electron chi connectivity index (χ4n) is 2.31. The van der Waals surface area contributed by atoms with Gasteiger partial charge in [0, 0.05) is 18.7 Å². The number of halogens is 1. The fourth-order valence-corrected chi connectivity index (χ4v) is 2.31. The normalized spacial score (nSPS) is 20.1. The van der Waals surface area contributed by atoms with Gasteiger partial charge in [-0.15, -0.1) is 0 Å². The molecule has 3 nitrogen and oxygen atoms in total. The summed E-state index contributed by atoms with van der Waals surface area (Å²) in [4.78, 5) is 2.08. The number of hydrogen-bond donors (Lipinski definition) is 0. The Morgan fingerprint density at radius 1 is 1.39 bits per heavy atom. The van der Waals surface area contributed by atoms with Crippen molar-refractivity contribution >= 4 is 0 Å². The number of likely N-dealkylation sites (tertiary alicyclic amines) is 1. The Kier molecular flexibility index (Phi) is 3.92. The molecule has 0 saturated carbocycles. The van der Waals surface area contributed by atoms with Crippen LogP contribution in [-0.2, 0) is 6.54 Å². The van der Waals surface area contributed by atoms with E-state index in [1.54, 1.807) is 6.07 Å². The van der Waals surface area contributed by atoms with Crippen molar-refractivity contribution < 1.29 is 4.39 Å². The summed E-state index contributed by atoms with van der Waals surface area (Å²) < 4.78 is 13.6. The molecule has 0 bridgehead atoms. The second kappa shape index (κ2) is 5.62. The zero-order valence-electron chi connectivity index (χ0n) is 10.1. The highest BCUT2D eigenvalue weighted by Gasteiger charge is 2.20. The molecule has 0 amide bonds. The van der Waals surface area contributed by atoms with E-state index < -0.39 is 0 Å². The lowest BCUT2D eigenvalue weighted by Crippen LogP contribution is -2.34. The standard InChI is InChI=1S/C14H14FN3/c15-14-4-3-11(7-16)6-13(14)10-18-5-1-2-12(8-17)9-18/h3-4,6,12H,1-2,5,9-10H2. The third kappa shape index (κ3) is 2.85. The number of piperidine rings is 1. The summed E-state index contributed by atoms with van der Waals surface area (Å²) in [6.07, 6.45) is 1.89. The molecule has 1 unspecified atom stereocenters. The van der Waals surface area contributed by atoms with E-state index in [9.17, 15) is 4.39 Å². The van der Waals surface area contributed by atoms with Crippen LogP contribution in [0.3, 0.4) is 0 Å². The minimum absolute atomic E-state index is 0.0426. The summed E-state index contributed by atoms with van der Waals surface area (Å²) in [6.45, 7) is 2.04. The lowest BCUT2D eigenvalue weighted by atomic mass is 9.99. The van der Waals surface area contributed by atoms with Crippen LogP contribution >= 0.6 is 0 Å². The first-order chi connectivity index (χ1) is 8.72. The molecule has 2 rings (SSSR count). The highest BCUT2D eigenvalue weighted by Crippen LogP contribution is 2.19. The van der Waals surface area contributed by atoms with Gasteiger partial charge in [0.25, 0.3) is 0 Å². The van der Waals surface area contributed by atoms with Gasteiger partial charge in [0.2, 0.25) is 0 Å². The summed E-state index contributed by atoms with van der Waals surface area (Å²) in [6, 6.07) is 8.68. The monoisotopic (exact) mass is 243 g/mol. The topological polar surface area (TPSA) is 50.8 Å². The number of nitriles is 2. The summed E-state index contributed by atoms with van der Waals surface area (Å²) in [5, 5.41) is 17.7. The lowest BCUT2D eigenvalue weighted by Gasteiger charge is -2.29. The lowest BCUT2D eigenvalue weighted by molar-refractivity contribution is 0.190. The predicted molar refractivity (Wildman–Crippen MR) is 64.7 cm³/mol. The van der Waals surface area contributed by atoms with Crippen molar-refractivity contribution in [2.75, 3.05) is 13.1 Å². The molecule has 1 aromatic rings. The van der Waals surface area contributed by atoms with E-state index in [1.807, 2.05) is 6.07 Å². The van der Waals surface area contributed by atoms with Crippen molar-refractivity contribution in [3.05, 3.63) is 35.1 Å². The molecule has 0 N–H and O–H groups in total. The van der Waals surface area contributed by atoms with Gasteiger partial charge in [0.15, 0.2) is 0 Å². The van der Waals surface area contributed by atoms with Crippen molar-refractivity contribution in [2.24, 2.45) is 5.92 Å². The maximum atomic E-state index is 13.6. The third-order valence-electron chi connectivity index (χ3n) is 3.26. The van der Waals surface area contributed by atoms with Gasteiger partial charge in [-0.1, -0.05) is 0 Å². The smallest absolute Gasteiger partial charge is 0.127 e. The van der Waals surface area contributed by atoms with E-state index in [4.69, 9.17) is 10.5 Å². The summed E-state index contributed by atoms with van der Waals surface area (Å²) in [5.74, 6) is -0.242. The van der Waals surface area contributed by atoms with Crippen molar-refractivity contribution in [1.82, 2.24) is 4.90 Å². The molecule has 0 aromatic heterocycles. The zero-order valence-corrected chi connectivity index (χ0v) is 10.1. The summed E-state index contributed by atoms with van der Waals surface area (Å²) in [7, 11) is 0. The molecule has 92 valence electrons. The molecule has 18 heavy (non-hydrogen) atoms. The van der Waals surface area contributed by atoms with Crippen LogP contribution in [0.1, 0.15) is 24.0 Å². The van der Waals surface area contributed by atoms with Gasteiger partial charge in [0.1, 0.15) is 5.82 Å². The molecule has 1 heterocycles. The van der Waals surface area contributed by atoms with Crippen LogP contribution in [0.5, 0.6) is 0 Å². The quantitative estimate of drug-likeness (QED) is 0.801. The first kappa shape index (κ1) is 12.5. The van der Waals surface area contributed by atoms with Gasteiger partial charge < -0.3 is 0 Å². The van der Waals surface area contributed by atoms with Crippen molar-refractivity contribution in [3.8, 4) is 12.1 Å². The number of benzene rings is 1. The molecule has 0 aliphatic carbocycles. The second-order valence-corrected chi connectivity index (χ2v) is 4.62. The number of nitrogens with zero attached hydrogens (tertiary/aromatic N) is 3. The van der Waals surface area contributed by atoms with Crippen LogP contribution in [-0.4, -0.2) is 18.0 Å². The molecule has 1 atom stereocenters. The van der Waals surface area contributed by atoms with Crippen LogP contribution in [0.25, 0.3) is 0 Å². The Morgan fingerprint density at radius 3 is 2.94 bits per heavy atom. The van der Waals surface area contributed by atoms with Gasteiger partial charge in [0.05, 0.1) is 23.6 Å². The minimum atomic E-state index is -0.284. The van der Waals surface area contributed by atoms with Gasteiger partial charge in [-0.25, -0.2) is 4.39 Å². The average Bonchev–Trinajstić information content (AvgIpc) is 2.41. The predicted octanol–water partition coefficient (Wildman–Crippen LogP) is 2.43. The molecule has 0 radical (unpaired) electrons. The molecule has 4 heteroatoms.